The zero-order valence-electron chi connectivity index (χ0n) is 16.1. The second-order valence-corrected chi connectivity index (χ2v) is 9.99. The maximum Gasteiger partial charge on any atom is 0.257 e. The normalized spacial score (nSPS) is 14.2. The summed E-state index contributed by atoms with van der Waals surface area (Å²) in [6, 6.07) is 14.1. The van der Waals surface area contributed by atoms with Crippen LogP contribution in [-0.2, 0) is 10.0 Å². The fourth-order valence-electron chi connectivity index (χ4n) is 2.94. The van der Waals surface area contributed by atoms with Gasteiger partial charge in [-0.25, -0.2) is 13.4 Å². The molecule has 1 amide bonds. The standard InChI is InChI=1S/C21H21N3O3S2/c1-14-3-5-15(6-4-14)19-13-28-21(22-19)23-20(25)16-7-11-18(12-8-16)29(26,27)24(2)17-9-10-17/h3-8,11-13,17H,9-10H2,1-2H3,(H,22,23,25). The molecule has 6 nitrogen and oxygen atoms in total. The van der Waals surface area contributed by atoms with Crippen LogP contribution in [0.1, 0.15) is 28.8 Å². The molecule has 1 aromatic heterocycles. The van der Waals surface area contributed by atoms with Gasteiger partial charge in [0.25, 0.3) is 5.91 Å². The van der Waals surface area contributed by atoms with Crippen molar-refractivity contribution in [2.24, 2.45) is 0 Å². The topological polar surface area (TPSA) is 79.4 Å². The minimum atomic E-state index is -3.52. The lowest BCUT2D eigenvalue weighted by Gasteiger charge is -2.16. The summed E-state index contributed by atoms with van der Waals surface area (Å²) in [4.78, 5) is 17.2. The Kier molecular flexibility index (Phi) is 5.24. The number of carbonyl (C=O) groups excluding carboxylic acids is 1. The maximum atomic E-state index is 12.6. The van der Waals surface area contributed by atoms with E-state index in [2.05, 4.69) is 10.3 Å². The lowest BCUT2D eigenvalue weighted by Crippen LogP contribution is -2.29. The Labute approximate surface area is 174 Å². The van der Waals surface area contributed by atoms with Gasteiger partial charge in [0.15, 0.2) is 5.13 Å². The molecule has 0 atom stereocenters. The second kappa shape index (κ2) is 7.70. The van der Waals surface area contributed by atoms with Gasteiger partial charge in [0.1, 0.15) is 0 Å². The van der Waals surface area contributed by atoms with E-state index in [1.807, 2.05) is 36.6 Å². The summed E-state index contributed by atoms with van der Waals surface area (Å²) < 4.78 is 26.5. The maximum absolute atomic E-state index is 12.6. The molecule has 0 radical (unpaired) electrons. The van der Waals surface area contributed by atoms with Crippen LogP contribution in [0.15, 0.2) is 58.8 Å². The predicted octanol–water partition coefficient (Wildman–Crippen LogP) is 4.15. The van der Waals surface area contributed by atoms with Crippen molar-refractivity contribution in [1.82, 2.24) is 9.29 Å². The number of hydrogen-bond acceptors (Lipinski definition) is 5. The Morgan fingerprint density at radius 2 is 1.76 bits per heavy atom. The van der Waals surface area contributed by atoms with E-state index in [1.165, 1.54) is 45.5 Å². The van der Waals surface area contributed by atoms with Gasteiger partial charge in [-0.05, 0) is 44.0 Å². The van der Waals surface area contributed by atoms with Crippen LogP contribution in [0.2, 0.25) is 0 Å². The van der Waals surface area contributed by atoms with Crippen molar-refractivity contribution >= 4 is 32.4 Å². The predicted molar refractivity (Wildman–Crippen MR) is 115 cm³/mol. The van der Waals surface area contributed by atoms with Crippen LogP contribution in [0.3, 0.4) is 0 Å². The van der Waals surface area contributed by atoms with Gasteiger partial charge < -0.3 is 0 Å². The Morgan fingerprint density at radius 3 is 2.38 bits per heavy atom. The second-order valence-electron chi connectivity index (χ2n) is 7.13. The third-order valence-corrected chi connectivity index (χ3v) is 7.61. The van der Waals surface area contributed by atoms with E-state index in [0.717, 1.165) is 24.1 Å². The highest BCUT2D eigenvalue weighted by Crippen LogP contribution is 2.30. The van der Waals surface area contributed by atoms with Gasteiger partial charge in [-0.3, -0.25) is 10.1 Å². The fourth-order valence-corrected chi connectivity index (χ4v) is 5.07. The summed E-state index contributed by atoms with van der Waals surface area (Å²) in [6.45, 7) is 2.02. The number of thiazole rings is 1. The van der Waals surface area contributed by atoms with Crippen molar-refractivity contribution in [2.45, 2.75) is 30.7 Å². The summed E-state index contributed by atoms with van der Waals surface area (Å²) in [5, 5.41) is 5.17. The summed E-state index contributed by atoms with van der Waals surface area (Å²) in [5.41, 5.74) is 3.34. The monoisotopic (exact) mass is 427 g/mol. The molecule has 8 heteroatoms. The number of benzene rings is 2. The molecule has 1 aliphatic carbocycles. The van der Waals surface area contributed by atoms with Crippen LogP contribution in [-0.4, -0.2) is 36.7 Å². The molecule has 1 saturated carbocycles. The molecular weight excluding hydrogens is 406 g/mol. The number of rotatable bonds is 6. The summed E-state index contributed by atoms with van der Waals surface area (Å²) in [6.07, 6.45) is 1.79. The van der Waals surface area contributed by atoms with E-state index in [9.17, 15) is 13.2 Å². The first-order valence-electron chi connectivity index (χ1n) is 9.26. The molecular formula is C21H21N3O3S2. The highest BCUT2D eigenvalue weighted by Gasteiger charge is 2.35. The minimum absolute atomic E-state index is 0.0932. The minimum Gasteiger partial charge on any atom is -0.298 e. The number of hydrogen-bond donors (Lipinski definition) is 1. The Hall–Kier alpha value is -2.55. The summed E-state index contributed by atoms with van der Waals surface area (Å²) in [7, 11) is -1.92. The van der Waals surface area contributed by atoms with Gasteiger partial charge >= 0.3 is 0 Å². The van der Waals surface area contributed by atoms with Crippen molar-refractivity contribution in [3.05, 3.63) is 65.0 Å². The number of carbonyl (C=O) groups is 1. The third kappa shape index (κ3) is 4.24. The van der Waals surface area contributed by atoms with Gasteiger partial charge in [0, 0.05) is 29.6 Å². The fraction of sp³-hybridized carbons (Fsp3) is 0.238. The molecule has 1 N–H and O–H groups in total. The van der Waals surface area contributed by atoms with Crippen molar-refractivity contribution in [3.63, 3.8) is 0 Å². The molecule has 0 saturated heterocycles. The van der Waals surface area contributed by atoms with Gasteiger partial charge in [-0.2, -0.15) is 4.31 Å². The Bertz CT molecular complexity index is 1130. The van der Waals surface area contributed by atoms with Crippen LogP contribution in [0.5, 0.6) is 0 Å². The molecule has 3 aromatic rings. The number of aryl methyl sites for hydroxylation is 1. The number of sulfonamides is 1. The number of aromatic nitrogens is 1. The number of nitrogens with one attached hydrogen (secondary N) is 1. The van der Waals surface area contributed by atoms with Crippen LogP contribution >= 0.6 is 11.3 Å². The van der Waals surface area contributed by atoms with Crippen LogP contribution < -0.4 is 5.32 Å². The smallest absolute Gasteiger partial charge is 0.257 e. The van der Waals surface area contributed by atoms with E-state index in [0.29, 0.717) is 10.7 Å². The lowest BCUT2D eigenvalue weighted by atomic mass is 10.1. The van der Waals surface area contributed by atoms with Gasteiger partial charge in [0.2, 0.25) is 10.0 Å². The SMILES string of the molecule is Cc1ccc(-c2csc(NC(=O)c3ccc(S(=O)(=O)N(C)C4CC4)cc3)n2)cc1. The highest BCUT2D eigenvalue weighted by atomic mass is 32.2. The highest BCUT2D eigenvalue weighted by molar-refractivity contribution is 7.89. The number of nitrogens with zero attached hydrogens (tertiary/aromatic N) is 2. The molecule has 1 fully saturated rings. The van der Waals surface area contributed by atoms with Crippen molar-refractivity contribution in [3.8, 4) is 11.3 Å². The molecule has 0 bridgehead atoms. The van der Waals surface area contributed by atoms with Gasteiger partial charge in [-0.15, -0.1) is 11.3 Å². The zero-order chi connectivity index (χ0) is 20.6. The largest absolute Gasteiger partial charge is 0.298 e. The van der Waals surface area contributed by atoms with Crippen molar-refractivity contribution in [1.29, 1.82) is 0 Å². The van der Waals surface area contributed by atoms with E-state index >= 15 is 0 Å². The third-order valence-electron chi connectivity index (χ3n) is 4.93. The molecule has 0 aliphatic heterocycles. The van der Waals surface area contributed by atoms with Crippen molar-refractivity contribution in [2.75, 3.05) is 12.4 Å². The lowest BCUT2D eigenvalue weighted by molar-refractivity contribution is 0.102. The van der Waals surface area contributed by atoms with Crippen LogP contribution in [0.4, 0.5) is 5.13 Å². The molecule has 29 heavy (non-hydrogen) atoms. The zero-order valence-corrected chi connectivity index (χ0v) is 17.8. The first-order valence-corrected chi connectivity index (χ1v) is 11.6. The van der Waals surface area contributed by atoms with E-state index in [-0.39, 0.29) is 16.8 Å². The quantitative estimate of drug-likeness (QED) is 0.641. The first-order chi connectivity index (χ1) is 13.8. The van der Waals surface area contributed by atoms with Crippen molar-refractivity contribution < 1.29 is 13.2 Å². The Balaban J connectivity index is 1.46. The molecule has 1 heterocycles. The first kappa shape index (κ1) is 19.8. The molecule has 150 valence electrons. The number of anilines is 1. The van der Waals surface area contributed by atoms with E-state index in [1.54, 1.807) is 7.05 Å². The van der Waals surface area contributed by atoms with Gasteiger partial charge in [-0.1, -0.05) is 29.8 Å². The molecule has 0 unspecified atom stereocenters. The van der Waals surface area contributed by atoms with Gasteiger partial charge in [0.05, 0.1) is 10.6 Å². The molecule has 2 aromatic carbocycles. The molecule has 4 rings (SSSR count). The molecule has 1 aliphatic rings. The molecule has 0 spiro atoms. The van der Waals surface area contributed by atoms with Crippen LogP contribution in [0.25, 0.3) is 11.3 Å². The number of amides is 1. The summed E-state index contributed by atoms with van der Waals surface area (Å²) in [5.74, 6) is -0.325. The van der Waals surface area contributed by atoms with Crippen LogP contribution in [0, 0.1) is 6.92 Å². The average Bonchev–Trinajstić information content (AvgIpc) is 3.47. The van der Waals surface area contributed by atoms with E-state index < -0.39 is 10.0 Å². The summed E-state index contributed by atoms with van der Waals surface area (Å²) >= 11 is 1.35. The Morgan fingerprint density at radius 1 is 1.10 bits per heavy atom. The average molecular weight is 428 g/mol. The van der Waals surface area contributed by atoms with E-state index in [4.69, 9.17) is 0 Å².